The molecule has 0 radical (unpaired) electrons. The van der Waals surface area contributed by atoms with Crippen LogP contribution in [0.15, 0.2) is 0 Å². The molecule has 2 atom stereocenters. The van der Waals surface area contributed by atoms with E-state index in [4.69, 9.17) is 5.26 Å². The molecule has 0 aromatic carbocycles. The Labute approximate surface area is 105 Å². The van der Waals surface area contributed by atoms with E-state index in [-0.39, 0.29) is 11.5 Å². The molecule has 1 saturated carbocycles. The molecule has 0 aliphatic heterocycles. The average Bonchev–Trinajstić information content (AvgIpc) is 2.69. The van der Waals surface area contributed by atoms with E-state index in [0.717, 1.165) is 51.6 Å². The van der Waals surface area contributed by atoms with E-state index >= 15 is 0 Å². The molecule has 3 nitrogen and oxygen atoms in total. The number of nitrogens with one attached hydrogen (secondary N) is 1. The second-order valence-electron chi connectivity index (χ2n) is 5.99. The van der Waals surface area contributed by atoms with Crippen LogP contribution in [-0.2, 0) is 0 Å². The van der Waals surface area contributed by atoms with Crippen molar-refractivity contribution in [1.29, 1.82) is 5.26 Å². The summed E-state index contributed by atoms with van der Waals surface area (Å²) in [5.74, 6) is 0.667. The number of unbranched alkanes of at least 4 members (excludes halogenated alkanes) is 1. The van der Waals surface area contributed by atoms with E-state index in [2.05, 4.69) is 11.4 Å². The van der Waals surface area contributed by atoms with Gasteiger partial charge in [0.25, 0.3) is 0 Å². The van der Waals surface area contributed by atoms with E-state index in [1.54, 1.807) is 0 Å². The van der Waals surface area contributed by atoms with E-state index < -0.39 is 0 Å². The molecule has 1 rings (SSSR count). The van der Waals surface area contributed by atoms with Gasteiger partial charge in [0.2, 0.25) is 0 Å². The summed E-state index contributed by atoms with van der Waals surface area (Å²) < 4.78 is 0. The molecular formula is C14H26N2O. The van der Waals surface area contributed by atoms with Crippen molar-refractivity contribution in [3.8, 4) is 6.07 Å². The first-order valence-corrected chi connectivity index (χ1v) is 6.83. The Morgan fingerprint density at radius 2 is 2.12 bits per heavy atom. The highest BCUT2D eigenvalue weighted by Crippen LogP contribution is 2.24. The molecule has 1 aliphatic carbocycles. The first-order chi connectivity index (χ1) is 8.03. The molecule has 98 valence electrons. The van der Waals surface area contributed by atoms with Crippen molar-refractivity contribution in [1.82, 2.24) is 5.32 Å². The summed E-state index contributed by atoms with van der Waals surface area (Å²) in [7, 11) is 0. The van der Waals surface area contributed by atoms with Gasteiger partial charge in [0.05, 0.1) is 17.6 Å². The zero-order valence-electron chi connectivity index (χ0n) is 11.2. The molecule has 2 N–H and O–H groups in total. The molecule has 0 saturated heterocycles. The molecule has 0 aromatic heterocycles. The monoisotopic (exact) mass is 238 g/mol. The van der Waals surface area contributed by atoms with Gasteiger partial charge < -0.3 is 10.4 Å². The third-order valence-corrected chi connectivity index (χ3v) is 3.65. The third-order valence-electron chi connectivity index (χ3n) is 3.65. The lowest BCUT2D eigenvalue weighted by molar-refractivity contribution is 0.177. The fraction of sp³-hybridized carbons (Fsp3) is 0.929. The molecule has 17 heavy (non-hydrogen) atoms. The summed E-state index contributed by atoms with van der Waals surface area (Å²) in [5.41, 5.74) is -0.171. The van der Waals surface area contributed by atoms with Gasteiger partial charge in [-0.05, 0) is 65.0 Å². The van der Waals surface area contributed by atoms with E-state index in [0.29, 0.717) is 5.92 Å². The molecule has 0 heterocycles. The zero-order chi connectivity index (χ0) is 12.7. The molecule has 0 bridgehead atoms. The molecule has 0 aromatic rings. The SMILES string of the molecule is CC(C)(C#N)CCCCNCC1CCC(O)C1. The van der Waals surface area contributed by atoms with Gasteiger partial charge in [-0.15, -0.1) is 0 Å². The number of hydrogen-bond acceptors (Lipinski definition) is 3. The lowest BCUT2D eigenvalue weighted by Crippen LogP contribution is -2.23. The topological polar surface area (TPSA) is 56.0 Å². The molecule has 0 amide bonds. The molecule has 3 heteroatoms. The van der Waals surface area contributed by atoms with Gasteiger partial charge >= 0.3 is 0 Å². The van der Waals surface area contributed by atoms with Gasteiger partial charge in [-0.2, -0.15) is 5.26 Å². The van der Waals surface area contributed by atoms with Crippen LogP contribution in [0.2, 0.25) is 0 Å². The summed E-state index contributed by atoms with van der Waals surface area (Å²) in [6, 6.07) is 2.33. The number of aliphatic hydroxyl groups is 1. The van der Waals surface area contributed by atoms with E-state index in [1.807, 2.05) is 13.8 Å². The van der Waals surface area contributed by atoms with Crippen LogP contribution in [0.3, 0.4) is 0 Å². The Hall–Kier alpha value is -0.590. The van der Waals surface area contributed by atoms with Crippen LogP contribution < -0.4 is 5.32 Å². The minimum Gasteiger partial charge on any atom is -0.393 e. The second kappa shape index (κ2) is 6.98. The van der Waals surface area contributed by atoms with Gasteiger partial charge in [-0.3, -0.25) is 0 Å². The summed E-state index contributed by atoms with van der Waals surface area (Å²) in [6.07, 6.45) is 6.28. The first kappa shape index (κ1) is 14.5. The zero-order valence-corrected chi connectivity index (χ0v) is 11.2. The van der Waals surface area contributed by atoms with Crippen molar-refractivity contribution in [2.75, 3.05) is 13.1 Å². The maximum atomic E-state index is 9.40. The highest BCUT2D eigenvalue weighted by molar-refractivity contribution is 4.91. The summed E-state index contributed by atoms with van der Waals surface area (Å²) >= 11 is 0. The number of nitrogens with zero attached hydrogens (tertiary/aromatic N) is 1. The van der Waals surface area contributed by atoms with Crippen LogP contribution in [0.4, 0.5) is 0 Å². The fourth-order valence-electron chi connectivity index (χ4n) is 2.41. The lowest BCUT2D eigenvalue weighted by atomic mass is 9.89. The predicted molar refractivity (Wildman–Crippen MR) is 69.5 cm³/mol. The molecule has 1 fully saturated rings. The summed E-state index contributed by atoms with van der Waals surface area (Å²) in [6.45, 7) is 6.08. The maximum absolute atomic E-state index is 9.40. The predicted octanol–water partition coefficient (Wildman–Crippen LogP) is 2.46. The first-order valence-electron chi connectivity index (χ1n) is 6.83. The fourth-order valence-corrected chi connectivity index (χ4v) is 2.41. The summed E-state index contributed by atoms with van der Waals surface area (Å²) in [5, 5.41) is 21.7. The maximum Gasteiger partial charge on any atom is 0.0683 e. The van der Waals surface area contributed by atoms with Gasteiger partial charge in [-0.1, -0.05) is 6.42 Å². The third kappa shape index (κ3) is 6.05. The highest BCUT2D eigenvalue weighted by atomic mass is 16.3. The van der Waals surface area contributed by atoms with Crippen LogP contribution in [0.25, 0.3) is 0 Å². The molecule has 1 aliphatic rings. The van der Waals surface area contributed by atoms with Crippen molar-refractivity contribution in [3.05, 3.63) is 0 Å². The van der Waals surface area contributed by atoms with Crippen LogP contribution in [0.1, 0.15) is 52.4 Å². The van der Waals surface area contributed by atoms with Crippen molar-refractivity contribution < 1.29 is 5.11 Å². The molecule has 2 unspecified atom stereocenters. The van der Waals surface area contributed by atoms with Crippen LogP contribution in [0, 0.1) is 22.7 Å². The van der Waals surface area contributed by atoms with Crippen LogP contribution in [0.5, 0.6) is 0 Å². The number of aliphatic hydroxyl groups excluding tert-OH is 1. The van der Waals surface area contributed by atoms with Gasteiger partial charge in [0.1, 0.15) is 0 Å². The lowest BCUT2D eigenvalue weighted by Gasteiger charge is -2.15. The van der Waals surface area contributed by atoms with Crippen LogP contribution >= 0.6 is 0 Å². The average molecular weight is 238 g/mol. The Bertz CT molecular complexity index is 257. The number of rotatable bonds is 7. The van der Waals surface area contributed by atoms with Crippen molar-refractivity contribution in [2.24, 2.45) is 11.3 Å². The van der Waals surface area contributed by atoms with Crippen molar-refractivity contribution in [3.63, 3.8) is 0 Å². The highest BCUT2D eigenvalue weighted by Gasteiger charge is 2.22. The van der Waals surface area contributed by atoms with E-state index in [9.17, 15) is 5.11 Å². The van der Waals surface area contributed by atoms with Gasteiger partial charge in [0, 0.05) is 0 Å². The van der Waals surface area contributed by atoms with E-state index in [1.165, 1.54) is 0 Å². The minimum absolute atomic E-state index is 0.0572. The van der Waals surface area contributed by atoms with Crippen LogP contribution in [-0.4, -0.2) is 24.3 Å². The Balaban J connectivity index is 1.93. The summed E-state index contributed by atoms with van der Waals surface area (Å²) in [4.78, 5) is 0. The second-order valence-corrected chi connectivity index (χ2v) is 5.99. The van der Waals surface area contributed by atoms with Gasteiger partial charge in [-0.25, -0.2) is 0 Å². The van der Waals surface area contributed by atoms with Crippen molar-refractivity contribution >= 4 is 0 Å². The standard InChI is InChI=1S/C14H26N2O/c1-14(2,11-15)7-3-4-8-16-10-12-5-6-13(17)9-12/h12-13,16-17H,3-10H2,1-2H3. The Morgan fingerprint density at radius 1 is 1.35 bits per heavy atom. The largest absolute Gasteiger partial charge is 0.393 e. The quantitative estimate of drug-likeness (QED) is 0.670. The Kier molecular flexibility index (Phi) is 5.94. The number of hydrogen-bond donors (Lipinski definition) is 2. The minimum atomic E-state index is -0.171. The molecule has 0 spiro atoms. The molecular weight excluding hydrogens is 212 g/mol. The normalized spacial score (nSPS) is 24.8. The van der Waals surface area contributed by atoms with Crippen molar-refractivity contribution in [2.45, 2.75) is 58.5 Å². The smallest absolute Gasteiger partial charge is 0.0683 e. The Morgan fingerprint density at radius 3 is 2.71 bits per heavy atom. The van der Waals surface area contributed by atoms with Gasteiger partial charge in [0.15, 0.2) is 0 Å². The number of nitriles is 1.